The van der Waals surface area contributed by atoms with E-state index in [1.807, 2.05) is 12.1 Å². The van der Waals surface area contributed by atoms with Crippen LogP contribution in [0.5, 0.6) is 5.75 Å². The molecule has 1 aliphatic heterocycles. The maximum atomic E-state index is 12.5. The quantitative estimate of drug-likeness (QED) is 0.253. The van der Waals surface area contributed by atoms with Crippen molar-refractivity contribution in [1.82, 2.24) is 5.01 Å². The fourth-order valence-corrected chi connectivity index (χ4v) is 4.90. The molecule has 4 rings (SSSR count). The van der Waals surface area contributed by atoms with Crippen molar-refractivity contribution in [2.45, 2.75) is 4.90 Å². The second kappa shape index (κ2) is 10.2. The predicted octanol–water partition coefficient (Wildman–Crippen LogP) is 4.10. The lowest BCUT2D eigenvalue weighted by Gasteiger charge is -2.19. The first-order valence-electron chi connectivity index (χ1n) is 10.2. The number of halogens is 1. The van der Waals surface area contributed by atoms with E-state index < -0.39 is 16.0 Å². The number of benzene rings is 3. The summed E-state index contributed by atoms with van der Waals surface area (Å²) in [6, 6.07) is 20.7. The first kappa shape index (κ1) is 23.7. The number of hydrogen-bond acceptors (Lipinski definition) is 7. The summed E-state index contributed by atoms with van der Waals surface area (Å²) in [6.45, 7) is 0.0485. The number of esters is 1. The summed E-state index contributed by atoms with van der Waals surface area (Å²) >= 11 is 3.33. The van der Waals surface area contributed by atoms with E-state index in [1.165, 1.54) is 11.1 Å². The van der Waals surface area contributed by atoms with Crippen LogP contribution in [0.3, 0.4) is 0 Å². The molecule has 1 aliphatic rings. The van der Waals surface area contributed by atoms with E-state index in [4.69, 9.17) is 9.47 Å². The van der Waals surface area contributed by atoms with Crippen molar-refractivity contribution in [3.63, 3.8) is 0 Å². The van der Waals surface area contributed by atoms with Crippen LogP contribution in [-0.4, -0.2) is 51.7 Å². The monoisotopic (exact) mass is 541 g/mol. The Hall–Kier alpha value is -3.50. The molecule has 3 aromatic rings. The maximum absolute atomic E-state index is 12.5. The molecule has 0 atom stereocenters. The molecule has 0 fully saturated rings. The average Bonchev–Trinajstić information content (AvgIpc) is 3.12. The van der Waals surface area contributed by atoms with Gasteiger partial charge in [-0.3, -0.25) is 0 Å². The van der Waals surface area contributed by atoms with Crippen LogP contribution in [0.4, 0.5) is 0 Å². The SMILES string of the molecule is COc1ccc(/C=N\N(CCOC(=O)c2ccccc2Br)C2=NS(=O)(=O)c3ccccc32)cc1. The van der Waals surface area contributed by atoms with Gasteiger partial charge in [0.25, 0.3) is 10.0 Å². The van der Waals surface area contributed by atoms with Crippen molar-refractivity contribution in [2.75, 3.05) is 20.3 Å². The van der Waals surface area contributed by atoms with Gasteiger partial charge in [0.15, 0.2) is 5.84 Å². The Labute approximate surface area is 205 Å². The van der Waals surface area contributed by atoms with Crippen LogP contribution in [0.2, 0.25) is 0 Å². The fourth-order valence-electron chi connectivity index (χ4n) is 3.25. The van der Waals surface area contributed by atoms with Gasteiger partial charge in [0.1, 0.15) is 17.3 Å². The summed E-state index contributed by atoms with van der Waals surface area (Å²) in [5, 5.41) is 5.87. The number of fused-ring (bicyclic) bond motifs is 1. The lowest BCUT2D eigenvalue weighted by Crippen LogP contribution is -2.30. The van der Waals surface area contributed by atoms with Crippen LogP contribution in [-0.2, 0) is 14.8 Å². The molecular formula is C24H20BrN3O5S. The molecule has 0 unspecified atom stereocenters. The minimum atomic E-state index is -3.84. The number of nitrogens with zero attached hydrogens (tertiary/aromatic N) is 3. The summed E-state index contributed by atoms with van der Waals surface area (Å²) in [5.74, 6) is 0.360. The maximum Gasteiger partial charge on any atom is 0.339 e. The van der Waals surface area contributed by atoms with Gasteiger partial charge in [0.2, 0.25) is 0 Å². The summed E-state index contributed by atoms with van der Waals surface area (Å²) in [7, 11) is -2.26. The highest BCUT2D eigenvalue weighted by atomic mass is 79.9. The van der Waals surface area contributed by atoms with Gasteiger partial charge < -0.3 is 9.47 Å². The van der Waals surface area contributed by atoms with Gasteiger partial charge >= 0.3 is 5.97 Å². The Bertz CT molecular complexity index is 1370. The minimum absolute atomic E-state index is 0.0403. The molecule has 0 aromatic heterocycles. The van der Waals surface area contributed by atoms with Gasteiger partial charge in [0, 0.05) is 10.0 Å². The smallest absolute Gasteiger partial charge is 0.339 e. The number of carbonyl (C=O) groups is 1. The first-order chi connectivity index (χ1) is 16.4. The van der Waals surface area contributed by atoms with Gasteiger partial charge in [-0.2, -0.15) is 13.5 Å². The summed E-state index contributed by atoms with van der Waals surface area (Å²) < 4.78 is 40.2. The molecule has 0 amide bonds. The van der Waals surface area contributed by atoms with Gasteiger partial charge in [-0.05, 0) is 70.0 Å². The van der Waals surface area contributed by atoms with Crippen LogP contribution in [0.1, 0.15) is 21.5 Å². The van der Waals surface area contributed by atoms with E-state index in [1.54, 1.807) is 67.9 Å². The molecule has 3 aromatic carbocycles. The zero-order valence-electron chi connectivity index (χ0n) is 18.1. The summed E-state index contributed by atoms with van der Waals surface area (Å²) in [6.07, 6.45) is 1.57. The number of carbonyl (C=O) groups excluding carboxylic acids is 1. The molecule has 1 heterocycles. The Morgan fingerprint density at radius 1 is 1.06 bits per heavy atom. The van der Waals surface area contributed by atoms with Gasteiger partial charge in [0.05, 0.1) is 25.4 Å². The minimum Gasteiger partial charge on any atom is -0.497 e. The normalized spacial score (nSPS) is 13.9. The molecule has 0 N–H and O–H groups in total. The zero-order chi connectivity index (χ0) is 24.1. The molecule has 0 saturated heterocycles. The van der Waals surface area contributed by atoms with Crippen molar-refractivity contribution in [3.8, 4) is 5.75 Å². The van der Waals surface area contributed by atoms with E-state index >= 15 is 0 Å². The standard InChI is InChI=1S/C24H20BrN3O5S/c1-32-18-12-10-17(11-13-18)16-26-28(14-15-33-24(29)19-6-2-4-8-21(19)25)23-20-7-3-5-9-22(20)34(30,31)27-23/h2-13,16H,14-15H2,1H3/b26-16-. The van der Waals surface area contributed by atoms with Crippen LogP contribution in [0.15, 0.2) is 91.7 Å². The third kappa shape index (κ3) is 5.18. The number of rotatable bonds is 7. The van der Waals surface area contributed by atoms with Crippen molar-refractivity contribution in [2.24, 2.45) is 9.50 Å². The summed E-state index contributed by atoms with van der Waals surface area (Å²) in [5.41, 5.74) is 1.60. The molecule has 0 spiro atoms. The Balaban J connectivity index is 1.57. The van der Waals surface area contributed by atoms with Crippen molar-refractivity contribution >= 4 is 44.0 Å². The van der Waals surface area contributed by atoms with Crippen molar-refractivity contribution in [1.29, 1.82) is 0 Å². The molecule has 8 nitrogen and oxygen atoms in total. The number of ether oxygens (including phenoxy) is 2. The fraction of sp³-hybridized carbons (Fsp3) is 0.125. The lowest BCUT2D eigenvalue weighted by atomic mass is 10.2. The molecule has 34 heavy (non-hydrogen) atoms. The highest BCUT2D eigenvalue weighted by molar-refractivity contribution is 9.10. The van der Waals surface area contributed by atoms with Crippen LogP contribution in [0.25, 0.3) is 0 Å². The molecule has 0 bridgehead atoms. The van der Waals surface area contributed by atoms with E-state index in [2.05, 4.69) is 25.4 Å². The Morgan fingerprint density at radius 3 is 2.50 bits per heavy atom. The van der Waals surface area contributed by atoms with Gasteiger partial charge in [-0.25, -0.2) is 9.80 Å². The molecule has 0 radical (unpaired) electrons. The zero-order valence-corrected chi connectivity index (χ0v) is 20.5. The van der Waals surface area contributed by atoms with E-state index in [0.717, 1.165) is 5.56 Å². The number of amidine groups is 1. The van der Waals surface area contributed by atoms with Crippen LogP contribution in [0, 0.1) is 0 Å². The van der Waals surface area contributed by atoms with E-state index in [9.17, 15) is 13.2 Å². The second-order valence-corrected chi connectivity index (χ2v) is 9.57. The molecule has 174 valence electrons. The third-order valence-corrected chi connectivity index (χ3v) is 6.97. The van der Waals surface area contributed by atoms with Gasteiger partial charge in [-0.1, -0.05) is 24.3 Å². The Kier molecular flexibility index (Phi) is 7.09. The Morgan fingerprint density at radius 2 is 1.76 bits per heavy atom. The van der Waals surface area contributed by atoms with E-state index in [0.29, 0.717) is 21.3 Å². The lowest BCUT2D eigenvalue weighted by molar-refractivity contribution is 0.0486. The number of sulfonamides is 1. The molecule has 0 saturated carbocycles. The third-order valence-electron chi connectivity index (χ3n) is 4.95. The first-order valence-corrected chi connectivity index (χ1v) is 12.4. The molecule has 0 aliphatic carbocycles. The largest absolute Gasteiger partial charge is 0.497 e. The van der Waals surface area contributed by atoms with Crippen LogP contribution < -0.4 is 4.74 Å². The van der Waals surface area contributed by atoms with Crippen molar-refractivity contribution < 1.29 is 22.7 Å². The molecular weight excluding hydrogens is 522 g/mol. The van der Waals surface area contributed by atoms with Crippen molar-refractivity contribution in [3.05, 3.63) is 94.0 Å². The second-order valence-electron chi connectivity index (χ2n) is 7.14. The highest BCUT2D eigenvalue weighted by Crippen LogP contribution is 2.27. The van der Waals surface area contributed by atoms with Gasteiger partial charge in [-0.15, -0.1) is 4.40 Å². The number of hydrazone groups is 1. The van der Waals surface area contributed by atoms with Crippen LogP contribution >= 0.6 is 15.9 Å². The number of hydrogen-bond donors (Lipinski definition) is 0. The topological polar surface area (TPSA) is 97.6 Å². The number of methoxy groups -OCH3 is 1. The van der Waals surface area contributed by atoms with E-state index in [-0.39, 0.29) is 23.9 Å². The predicted molar refractivity (Wildman–Crippen MR) is 132 cm³/mol. The average molecular weight is 542 g/mol. The molecule has 10 heteroatoms. The highest BCUT2D eigenvalue weighted by Gasteiger charge is 2.31. The summed E-state index contributed by atoms with van der Waals surface area (Å²) in [4.78, 5) is 12.6.